The van der Waals surface area contributed by atoms with Crippen molar-refractivity contribution < 1.29 is 0 Å². The van der Waals surface area contributed by atoms with E-state index in [-0.39, 0.29) is 5.28 Å². The van der Waals surface area contributed by atoms with Crippen LogP contribution in [0.5, 0.6) is 0 Å². The summed E-state index contributed by atoms with van der Waals surface area (Å²) in [6.07, 6.45) is 0. The highest BCUT2D eigenvalue weighted by Crippen LogP contribution is 2.38. The highest BCUT2D eigenvalue weighted by molar-refractivity contribution is 7.17. The molecule has 0 amide bonds. The molecule has 0 bridgehead atoms. The summed E-state index contributed by atoms with van der Waals surface area (Å²) in [6, 6.07) is 16.6. The molecule has 25 heavy (non-hydrogen) atoms. The van der Waals surface area contributed by atoms with Crippen LogP contribution in [0, 0.1) is 13.8 Å². The molecule has 0 saturated carbocycles. The zero-order chi connectivity index (χ0) is 17.4. The molecule has 0 aliphatic heterocycles. The number of hydrogen-bond acceptors (Lipinski definition) is 4. The third-order valence-electron chi connectivity index (χ3n) is 4.17. The molecule has 0 saturated heterocycles. The molecule has 0 fully saturated rings. The van der Waals surface area contributed by atoms with Crippen molar-refractivity contribution in [3.8, 4) is 11.1 Å². The lowest BCUT2D eigenvalue weighted by Gasteiger charge is -2.11. The smallest absolute Gasteiger partial charge is 0.225 e. The standard InChI is InChI=1S/C20H16ClN3S/c1-12-7-9-14(10-8-12)15-11-25-19-17(15)18(23-20(21)24-19)22-16-6-4-3-5-13(16)2/h3-11H,1-2H3,(H,22,23,24). The third kappa shape index (κ3) is 3.11. The fourth-order valence-corrected chi connectivity index (χ4v) is 3.96. The molecule has 0 aliphatic rings. The summed E-state index contributed by atoms with van der Waals surface area (Å²) in [5, 5.41) is 6.80. The minimum atomic E-state index is 0.251. The van der Waals surface area contributed by atoms with Crippen molar-refractivity contribution in [2.45, 2.75) is 13.8 Å². The second-order valence-corrected chi connectivity index (χ2v) is 7.17. The summed E-state index contributed by atoms with van der Waals surface area (Å²) < 4.78 is 0. The Balaban J connectivity index is 1.89. The first-order valence-corrected chi connectivity index (χ1v) is 9.22. The Labute approximate surface area is 155 Å². The molecule has 5 heteroatoms. The van der Waals surface area contributed by atoms with Crippen LogP contribution in [-0.4, -0.2) is 9.97 Å². The maximum absolute atomic E-state index is 6.15. The van der Waals surface area contributed by atoms with Crippen LogP contribution in [0.4, 0.5) is 11.5 Å². The molecule has 124 valence electrons. The molecular weight excluding hydrogens is 350 g/mol. The van der Waals surface area contributed by atoms with Crippen molar-refractivity contribution >= 4 is 44.7 Å². The fraction of sp³-hybridized carbons (Fsp3) is 0.100. The molecule has 0 radical (unpaired) electrons. The van der Waals surface area contributed by atoms with Gasteiger partial charge in [0.25, 0.3) is 0 Å². The zero-order valence-electron chi connectivity index (χ0n) is 13.9. The first kappa shape index (κ1) is 16.1. The Bertz CT molecular complexity index is 1050. The lowest BCUT2D eigenvalue weighted by Crippen LogP contribution is -1.98. The van der Waals surface area contributed by atoms with Crippen LogP contribution in [0.1, 0.15) is 11.1 Å². The van der Waals surface area contributed by atoms with Crippen molar-refractivity contribution in [1.29, 1.82) is 0 Å². The van der Waals surface area contributed by atoms with E-state index in [1.54, 1.807) is 11.3 Å². The van der Waals surface area contributed by atoms with E-state index >= 15 is 0 Å². The van der Waals surface area contributed by atoms with Crippen molar-refractivity contribution in [1.82, 2.24) is 9.97 Å². The topological polar surface area (TPSA) is 37.8 Å². The first-order valence-electron chi connectivity index (χ1n) is 7.96. The van der Waals surface area contributed by atoms with Gasteiger partial charge in [0.2, 0.25) is 5.28 Å². The van der Waals surface area contributed by atoms with Crippen LogP contribution >= 0.6 is 22.9 Å². The number of nitrogens with one attached hydrogen (secondary N) is 1. The number of halogens is 1. The summed E-state index contributed by atoms with van der Waals surface area (Å²) in [5.74, 6) is 0.737. The molecule has 0 atom stereocenters. The van der Waals surface area contributed by atoms with E-state index in [1.165, 1.54) is 5.56 Å². The number of aromatic nitrogens is 2. The average molecular weight is 366 g/mol. The Hall–Kier alpha value is -2.43. The van der Waals surface area contributed by atoms with E-state index < -0.39 is 0 Å². The van der Waals surface area contributed by atoms with E-state index in [2.05, 4.69) is 64.8 Å². The number of thiophene rings is 1. The van der Waals surface area contributed by atoms with E-state index in [0.717, 1.165) is 38.4 Å². The molecule has 4 aromatic rings. The third-order valence-corrected chi connectivity index (χ3v) is 5.21. The SMILES string of the molecule is Cc1ccc(-c2csc3nc(Cl)nc(Nc4ccccc4C)c23)cc1. The molecule has 3 nitrogen and oxygen atoms in total. The van der Waals surface area contributed by atoms with Crippen LogP contribution < -0.4 is 5.32 Å². The zero-order valence-corrected chi connectivity index (χ0v) is 15.4. The predicted molar refractivity (Wildman–Crippen MR) is 107 cm³/mol. The number of para-hydroxylation sites is 1. The maximum Gasteiger partial charge on any atom is 0.225 e. The van der Waals surface area contributed by atoms with Gasteiger partial charge in [-0.1, -0.05) is 48.0 Å². The van der Waals surface area contributed by atoms with Gasteiger partial charge in [-0.05, 0) is 42.6 Å². The monoisotopic (exact) mass is 365 g/mol. The minimum Gasteiger partial charge on any atom is -0.339 e. The van der Waals surface area contributed by atoms with Gasteiger partial charge in [0.1, 0.15) is 10.6 Å². The highest BCUT2D eigenvalue weighted by Gasteiger charge is 2.15. The lowest BCUT2D eigenvalue weighted by atomic mass is 10.0. The quantitative estimate of drug-likeness (QED) is 0.428. The number of benzene rings is 2. The Morgan fingerprint density at radius 3 is 2.48 bits per heavy atom. The van der Waals surface area contributed by atoms with E-state index in [0.29, 0.717) is 0 Å². The van der Waals surface area contributed by atoms with Crippen molar-refractivity contribution in [2.24, 2.45) is 0 Å². The Kier molecular flexibility index (Phi) is 4.15. The number of nitrogens with zero attached hydrogens (tertiary/aromatic N) is 2. The summed E-state index contributed by atoms with van der Waals surface area (Å²) in [7, 11) is 0. The van der Waals surface area contributed by atoms with Gasteiger partial charge in [0.05, 0.1) is 5.39 Å². The number of hydrogen-bond donors (Lipinski definition) is 1. The highest BCUT2D eigenvalue weighted by atomic mass is 35.5. The molecule has 1 N–H and O–H groups in total. The second kappa shape index (κ2) is 6.47. The number of anilines is 2. The second-order valence-electron chi connectivity index (χ2n) is 5.98. The van der Waals surface area contributed by atoms with Crippen LogP contribution in [0.25, 0.3) is 21.3 Å². The van der Waals surface area contributed by atoms with E-state index in [9.17, 15) is 0 Å². The normalized spacial score (nSPS) is 11.0. The van der Waals surface area contributed by atoms with Gasteiger partial charge in [-0.25, -0.2) is 4.98 Å². The summed E-state index contributed by atoms with van der Waals surface area (Å²) >= 11 is 7.73. The molecule has 2 heterocycles. The van der Waals surface area contributed by atoms with Crippen LogP contribution in [0.3, 0.4) is 0 Å². The summed E-state index contributed by atoms with van der Waals surface area (Å²) in [6.45, 7) is 4.15. The van der Waals surface area contributed by atoms with Crippen molar-refractivity contribution in [3.05, 3.63) is 70.3 Å². The first-order chi connectivity index (χ1) is 12.1. The number of aryl methyl sites for hydroxylation is 2. The predicted octanol–water partition coefficient (Wildman–Crippen LogP) is 6.37. The van der Waals surface area contributed by atoms with E-state index in [1.807, 2.05) is 18.2 Å². The molecule has 2 aromatic carbocycles. The van der Waals surface area contributed by atoms with Crippen LogP contribution in [-0.2, 0) is 0 Å². The molecule has 0 unspecified atom stereocenters. The summed E-state index contributed by atoms with van der Waals surface area (Å²) in [4.78, 5) is 9.74. The molecule has 0 spiro atoms. The average Bonchev–Trinajstić information content (AvgIpc) is 3.01. The van der Waals surface area contributed by atoms with Gasteiger partial charge in [0, 0.05) is 16.6 Å². The van der Waals surface area contributed by atoms with Gasteiger partial charge in [-0.3, -0.25) is 0 Å². The van der Waals surface area contributed by atoms with Gasteiger partial charge in [-0.15, -0.1) is 11.3 Å². The largest absolute Gasteiger partial charge is 0.339 e. The Morgan fingerprint density at radius 2 is 1.72 bits per heavy atom. The van der Waals surface area contributed by atoms with E-state index in [4.69, 9.17) is 11.6 Å². The Morgan fingerprint density at radius 1 is 0.960 bits per heavy atom. The van der Waals surface area contributed by atoms with Crippen molar-refractivity contribution in [3.63, 3.8) is 0 Å². The molecule has 2 aromatic heterocycles. The fourth-order valence-electron chi connectivity index (χ4n) is 2.79. The number of fused-ring (bicyclic) bond motifs is 1. The van der Waals surface area contributed by atoms with Gasteiger partial charge in [0.15, 0.2) is 0 Å². The van der Waals surface area contributed by atoms with Gasteiger partial charge >= 0.3 is 0 Å². The summed E-state index contributed by atoms with van der Waals surface area (Å²) in [5.41, 5.74) is 5.67. The van der Waals surface area contributed by atoms with Crippen molar-refractivity contribution in [2.75, 3.05) is 5.32 Å². The van der Waals surface area contributed by atoms with Crippen LogP contribution in [0.15, 0.2) is 53.9 Å². The lowest BCUT2D eigenvalue weighted by molar-refractivity contribution is 1.23. The van der Waals surface area contributed by atoms with Gasteiger partial charge < -0.3 is 5.32 Å². The minimum absolute atomic E-state index is 0.251. The molecule has 0 aliphatic carbocycles. The van der Waals surface area contributed by atoms with Gasteiger partial charge in [-0.2, -0.15) is 4.98 Å². The maximum atomic E-state index is 6.15. The molecule has 4 rings (SSSR count). The number of rotatable bonds is 3. The molecular formula is C20H16ClN3S. The van der Waals surface area contributed by atoms with Crippen LogP contribution in [0.2, 0.25) is 5.28 Å².